The summed E-state index contributed by atoms with van der Waals surface area (Å²) in [6, 6.07) is 15.4. The summed E-state index contributed by atoms with van der Waals surface area (Å²) in [4.78, 5) is 26.4. The van der Waals surface area contributed by atoms with Crippen molar-refractivity contribution in [2.24, 2.45) is 0 Å². The van der Waals surface area contributed by atoms with Crippen LogP contribution in [0.15, 0.2) is 53.7 Å². The first kappa shape index (κ1) is 33.4. The molecule has 0 aliphatic rings. The summed E-state index contributed by atoms with van der Waals surface area (Å²) in [5, 5.41) is 15.4. The van der Waals surface area contributed by atoms with Crippen LogP contribution < -0.4 is 24.8 Å². The molecule has 0 radical (unpaired) electrons. The Bertz CT molecular complexity index is 1640. The number of carbonyl (C=O) groups excluding carboxylic acids is 2. The quantitative estimate of drug-likeness (QED) is 0.155. The Morgan fingerprint density at radius 3 is 2.07 bits per heavy atom. The van der Waals surface area contributed by atoms with Gasteiger partial charge in [-0.15, -0.1) is 10.2 Å². The van der Waals surface area contributed by atoms with Gasteiger partial charge in [-0.2, -0.15) is 0 Å². The number of nitrogens with one attached hydrogen (secondary N) is 2. The Morgan fingerprint density at radius 1 is 0.800 bits per heavy atom. The molecule has 4 rings (SSSR count). The molecule has 2 amide bonds. The molecule has 0 unspecified atom stereocenters. The lowest BCUT2D eigenvalue weighted by molar-refractivity contribution is -0.113. The van der Waals surface area contributed by atoms with Crippen molar-refractivity contribution >= 4 is 29.3 Å². The monoisotopic (exact) mass is 631 g/mol. The third-order valence-corrected chi connectivity index (χ3v) is 7.81. The van der Waals surface area contributed by atoms with E-state index in [1.165, 1.54) is 11.8 Å². The minimum atomic E-state index is -0.336. The van der Waals surface area contributed by atoms with Crippen molar-refractivity contribution in [1.29, 1.82) is 0 Å². The standard InChI is InChI=1S/C34H41N5O5S/c1-8-42-28-17-25(18-29(43-9-2)32(28)44-10-3)33(41)35-19-30-37-38-34(39(30)27-16-22(5)12-14-24(27)7)45-20-31(40)36-26-15-21(4)11-13-23(26)6/h11-18H,8-10,19-20H2,1-7H3,(H,35,41)(H,36,40). The van der Waals surface area contributed by atoms with E-state index in [0.29, 0.717) is 53.6 Å². The number of hydrogen-bond acceptors (Lipinski definition) is 8. The first-order chi connectivity index (χ1) is 21.6. The number of carbonyl (C=O) groups is 2. The van der Waals surface area contributed by atoms with Crippen LogP contribution in [0.25, 0.3) is 5.69 Å². The van der Waals surface area contributed by atoms with Crippen LogP contribution in [0.4, 0.5) is 5.69 Å². The van der Waals surface area contributed by atoms with Crippen molar-refractivity contribution in [3.63, 3.8) is 0 Å². The van der Waals surface area contributed by atoms with Gasteiger partial charge < -0.3 is 24.8 Å². The summed E-state index contributed by atoms with van der Waals surface area (Å²) in [6.45, 7) is 14.9. The highest BCUT2D eigenvalue weighted by molar-refractivity contribution is 7.99. The molecule has 0 saturated carbocycles. The summed E-state index contributed by atoms with van der Waals surface area (Å²) in [6.07, 6.45) is 0. The minimum absolute atomic E-state index is 0.0929. The van der Waals surface area contributed by atoms with Gasteiger partial charge in [0.1, 0.15) is 0 Å². The van der Waals surface area contributed by atoms with Gasteiger partial charge in [0, 0.05) is 11.3 Å². The van der Waals surface area contributed by atoms with Crippen molar-refractivity contribution in [2.75, 3.05) is 30.9 Å². The molecule has 3 aromatic carbocycles. The summed E-state index contributed by atoms with van der Waals surface area (Å²) < 4.78 is 19.2. The number of nitrogens with zero attached hydrogens (tertiary/aromatic N) is 3. The van der Waals surface area contributed by atoms with Crippen LogP contribution in [0, 0.1) is 27.7 Å². The zero-order chi connectivity index (χ0) is 32.5. The van der Waals surface area contributed by atoms with Crippen LogP contribution in [-0.4, -0.2) is 52.2 Å². The second-order valence-corrected chi connectivity index (χ2v) is 11.4. The predicted molar refractivity (Wildman–Crippen MR) is 177 cm³/mol. The maximum absolute atomic E-state index is 13.4. The highest BCUT2D eigenvalue weighted by Gasteiger charge is 2.21. The van der Waals surface area contributed by atoms with Gasteiger partial charge in [0.25, 0.3) is 5.91 Å². The molecule has 1 aromatic heterocycles. The average molecular weight is 632 g/mol. The van der Waals surface area contributed by atoms with Gasteiger partial charge in [0.15, 0.2) is 22.5 Å². The third kappa shape index (κ3) is 8.36. The smallest absolute Gasteiger partial charge is 0.251 e. The number of amides is 2. The van der Waals surface area contributed by atoms with Crippen LogP contribution >= 0.6 is 11.8 Å². The molecule has 11 heteroatoms. The Morgan fingerprint density at radius 2 is 1.42 bits per heavy atom. The summed E-state index contributed by atoms with van der Waals surface area (Å²) in [5.74, 6) is 1.52. The molecule has 0 aliphatic carbocycles. The molecule has 2 N–H and O–H groups in total. The molecule has 0 fully saturated rings. The van der Waals surface area contributed by atoms with E-state index in [1.807, 2.05) is 89.4 Å². The van der Waals surface area contributed by atoms with E-state index >= 15 is 0 Å². The maximum Gasteiger partial charge on any atom is 0.251 e. The number of rotatable bonds is 14. The SMILES string of the molecule is CCOc1cc(C(=O)NCc2nnc(SCC(=O)Nc3cc(C)ccc3C)n2-c2cc(C)ccc2C)cc(OCC)c1OCC. The summed E-state index contributed by atoms with van der Waals surface area (Å²) >= 11 is 1.28. The van der Waals surface area contributed by atoms with Crippen LogP contribution in [0.3, 0.4) is 0 Å². The summed E-state index contributed by atoms with van der Waals surface area (Å²) in [7, 11) is 0. The Labute approximate surface area is 268 Å². The van der Waals surface area contributed by atoms with Crippen LogP contribution in [-0.2, 0) is 11.3 Å². The fraction of sp³-hybridized carbons (Fsp3) is 0.353. The van der Waals surface area contributed by atoms with Gasteiger partial charge in [-0.1, -0.05) is 36.0 Å². The molecule has 0 spiro atoms. The van der Waals surface area contributed by atoms with E-state index in [2.05, 4.69) is 20.8 Å². The number of aromatic nitrogens is 3. The topological polar surface area (TPSA) is 117 Å². The second kappa shape index (κ2) is 15.5. The molecule has 4 aromatic rings. The number of anilines is 1. The van der Waals surface area contributed by atoms with Crippen LogP contribution in [0.5, 0.6) is 17.2 Å². The molecular weight excluding hydrogens is 590 g/mol. The highest BCUT2D eigenvalue weighted by Crippen LogP contribution is 2.39. The molecule has 45 heavy (non-hydrogen) atoms. The van der Waals surface area contributed by atoms with Gasteiger partial charge in [0.2, 0.25) is 11.7 Å². The van der Waals surface area contributed by atoms with Crippen molar-refractivity contribution in [3.05, 3.63) is 82.2 Å². The van der Waals surface area contributed by atoms with Gasteiger partial charge in [-0.3, -0.25) is 14.2 Å². The van der Waals surface area contributed by atoms with Crippen molar-refractivity contribution in [2.45, 2.75) is 60.2 Å². The Hall–Kier alpha value is -4.51. The predicted octanol–water partition coefficient (Wildman–Crippen LogP) is 6.36. The van der Waals surface area contributed by atoms with Gasteiger partial charge in [-0.25, -0.2) is 0 Å². The molecule has 0 atom stereocenters. The van der Waals surface area contributed by atoms with Gasteiger partial charge in [0.05, 0.1) is 37.8 Å². The minimum Gasteiger partial charge on any atom is -0.490 e. The number of ether oxygens (including phenoxy) is 3. The fourth-order valence-electron chi connectivity index (χ4n) is 4.68. The average Bonchev–Trinajstić information content (AvgIpc) is 3.42. The van der Waals surface area contributed by atoms with Gasteiger partial charge in [-0.05, 0) is 95.0 Å². The first-order valence-electron chi connectivity index (χ1n) is 15.0. The third-order valence-electron chi connectivity index (χ3n) is 6.88. The van der Waals surface area contributed by atoms with Crippen molar-refractivity contribution in [1.82, 2.24) is 20.1 Å². The van der Waals surface area contributed by atoms with E-state index < -0.39 is 0 Å². The molecule has 0 aliphatic heterocycles. The number of thioether (sulfide) groups is 1. The van der Waals surface area contributed by atoms with E-state index in [-0.39, 0.29) is 24.1 Å². The van der Waals surface area contributed by atoms with E-state index in [9.17, 15) is 9.59 Å². The Kier molecular flexibility index (Phi) is 11.5. The highest BCUT2D eigenvalue weighted by atomic mass is 32.2. The molecule has 238 valence electrons. The Balaban J connectivity index is 1.59. The fourth-order valence-corrected chi connectivity index (χ4v) is 5.44. The largest absolute Gasteiger partial charge is 0.490 e. The number of benzene rings is 3. The van der Waals surface area contributed by atoms with E-state index in [1.54, 1.807) is 12.1 Å². The lowest BCUT2D eigenvalue weighted by Gasteiger charge is -2.17. The van der Waals surface area contributed by atoms with Crippen molar-refractivity contribution < 1.29 is 23.8 Å². The summed E-state index contributed by atoms with van der Waals surface area (Å²) in [5.41, 5.74) is 6.14. The lowest BCUT2D eigenvalue weighted by atomic mass is 10.1. The molecule has 0 saturated heterocycles. The first-order valence-corrected chi connectivity index (χ1v) is 16.0. The molecular formula is C34H41N5O5S. The molecule has 10 nitrogen and oxygen atoms in total. The maximum atomic E-state index is 13.4. The molecule has 0 bridgehead atoms. The van der Waals surface area contributed by atoms with Gasteiger partial charge >= 0.3 is 0 Å². The zero-order valence-corrected chi connectivity index (χ0v) is 27.8. The van der Waals surface area contributed by atoms with E-state index in [0.717, 1.165) is 33.6 Å². The normalized spacial score (nSPS) is 10.8. The number of aryl methyl sites for hydroxylation is 4. The lowest BCUT2D eigenvalue weighted by Crippen LogP contribution is -2.25. The van der Waals surface area contributed by atoms with E-state index in [4.69, 9.17) is 14.2 Å². The second-order valence-electron chi connectivity index (χ2n) is 10.5. The van der Waals surface area contributed by atoms with Crippen LogP contribution in [0.2, 0.25) is 0 Å². The van der Waals surface area contributed by atoms with Crippen molar-refractivity contribution in [3.8, 4) is 22.9 Å². The van der Waals surface area contributed by atoms with Crippen LogP contribution in [0.1, 0.15) is 59.2 Å². The molecule has 1 heterocycles. The zero-order valence-electron chi connectivity index (χ0n) is 26.9. The number of hydrogen-bond donors (Lipinski definition) is 2.